The number of benzene rings is 1. The quantitative estimate of drug-likeness (QED) is 0.333. The first-order valence-electron chi connectivity index (χ1n) is 4.43. The van der Waals surface area contributed by atoms with Crippen molar-refractivity contribution in [2.45, 2.75) is 6.54 Å². The summed E-state index contributed by atoms with van der Waals surface area (Å²) in [5.41, 5.74) is 0.481. The molecule has 0 atom stereocenters. The van der Waals surface area contributed by atoms with Gasteiger partial charge in [-0.2, -0.15) is 0 Å². The second-order valence-corrected chi connectivity index (χ2v) is 3.00. The molecule has 0 fully saturated rings. The predicted molar refractivity (Wildman–Crippen MR) is 56.7 cm³/mol. The maximum atomic E-state index is 10.5. The van der Waals surface area contributed by atoms with Gasteiger partial charge in [-0.15, -0.1) is 6.58 Å². The molecule has 2 N–H and O–H groups in total. The van der Waals surface area contributed by atoms with Gasteiger partial charge in [0.15, 0.2) is 5.75 Å². The summed E-state index contributed by atoms with van der Waals surface area (Å²) in [6, 6.07) is 4.31. The molecule has 0 aromatic heterocycles. The molecule has 0 spiro atoms. The number of aromatic hydroxyl groups is 1. The molecule has 80 valence electrons. The van der Waals surface area contributed by atoms with Crippen LogP contribution in [0.3, 0.4) is 0 Å². The minimum Gasteiger partial charge on any atom is -0.502 e. The molecule has 0 saturated heterocycles. The van der Waals surface area contributed by atoms with Crippen LogP contribution < -0.4 is 5.32 Å². The van der Waals surface area contributed by atoms with Gasteiger partial charge < -0.3 is 10.4 Å². The fraction of sp³-hybridized carbons (Fsp3) is 0.200. The van der Waals surface area contributed by atoms with Gasteiger partial charge in [0.1, 0.15) is 0 Å². The van der Waals surface area contributed by atoms with E-state index in [4.69, 9.17) is 0 Å². The van der Waals surface area contributed by atoms with Crippen LogP contribution in [0.25, 0.3) is 0 Å². The molecular formula is C10H12N2O3. The van der Waals surface area contributed by atoms with Gasteiger partial charge in [0.2, 0.25) is 0 Å². The number of phenolic OH excluding ortho intramolecular Hbond substituents is 1. The second-order valence-electron chi connectivity index (χ2n) is 3.00. The summed E-state index contributed by atoms with van der Waals surface area (Å²) in [5, 5.41) is 22.7. The molecule has 0 amide bonds. The number of phenols is 1. The predicted octanol–water partition coefficient (Wildman–Crippen LogP) is 1.58. The highest BCUT2D eigenvalue weighted by Gasteiger charge is 2.12. The fourth-order valence-corrected chi connectivity index (χ4v) is 1.14. The summed E-state index contributed by atoms with van der Waals surface area (Å²) in [5.74, 6) is -0.313. The van der Waals surface area contributed by atoms with Gasteiger partial charge in [-0.05, 0) is 11.6 Å². The van der Waals surface area contributed by atoms with Gasteiger partial charge in [-0.25, -0.2) is 0 Å². The van der Waals surface area contributed by atoms with Crippen molar-refractivity contribution in [2.24, 2.45) is 0 Å². The summed E-state index contributed by atoms with van der Waals surface area (Å²) in [4.78, 5) is 9.91. The lowest BCUT2D eigenvalue weighted by Crippen LogP contribution is -2.12. The first kappa shape index (κ1) is 11.2. The number of hydrogen-bond acceptors (Lipinski definition) is 4. The van der Waals surface area contributed by atoms with Crippen LogP contribution in [0.5, 0.6) is 5.75 Å². The Morgan fingerprint density at radius 2 is 2.33 bits per heavy atom. The first-order valence-corrected chi connectivity index (χ1v) is 4.43. The fourth-order valence-electron chi connectivity index (χ4n) is 1.14. The van der Waals surface area contributed by atoms with E-state index < -0.39 is 4.92 Å². The summed E-state index contributed by atoms with van der Waals surface area (Å²) < 4.78 is 0. The van der Waals surface area contributed by atoms with E-state index in [-0.39, 0.29) is 11.4 Å². The third kappa shape index (κ3) is 3.07. The summed E-state index contributed by atoms with van der Waals surface area (Å²) in [7, 11) is 0. The highest BCUT2D eigenvalue weighted by molar-refractivity contribution is 5.47. The lowest BCUT2D eigenvalue weighted by atomic mass is 10.2. The standard InChI is InChI=1S/C10H12N2O3/c1-2-5-11-7-8-3-4-10(13)9(6-8)12(14)15/h2-4,6,11,13H,1,5,7H2. The minimum absolute atomic E-state index is 0.270. The highest BCUT2D eigenvalue weighted by Crippen LogP contribution is 2.25. The van der Waals surface area contributed by atoms with Gasteiger partial charge in [0, 0.05) is 19.2 Å². The van der Waals surface area contributed by atoms with E-state index in [9.17, 15) is 15.2 Å². The zero-order valence-corrected chi connectivity index (χ0v) is 8.14. The normalized spacial score (nSPS) is 9.87. The Morgan fingerprint density at radius 3 is 2.93 bits per heavy atom. The molecule has 1 aromatic carbocycles. The van der Waals surface area contributed by atoms with Crippen LogP contribution in [-0.4, -0.2) is 16.6 Å². The molecule has 0 heterocycles. The van der Waals surface area contributed by atoms with Crippen molar-refractivity contribution in [1.29, 1.82) is 0 Å². The molecule has 15 heavy (non-hydrogen) atoms. The van der Waals surface area contributed by atoms with E-state index >= 15 is 0 Å². The number of hydrogen-bond donors (Lipinski definition) is 2. The summed E-state index contributed by atoms with van der Waals surface area (Å²) in [6.07, 6.45) is 1.70. The monoisotopic (exact) mass is 208 g/mol. The van der Waals surface area contributed by atoms with E-state index in [1.807, 2.05) is 0 Å². The van der Waals surface area contributed by atoms with Crippen molar-refractivity contribution >= 4 is 5.69 Å². The third-order valence-electron chi connectivity index (χ3n) is 1.85. The second kappa shape index (κ2) is 5.11. The third-order valence-corrected chi connectivity index (χ3v) is 1.85. The van der Waals surface area contributed by atoms with E-state index in [0.29, 0.717) is 13.1 Å². The summed E-state index contributed by atoms with van der Waals surface area (Å²) in [6.45, 7) is 4.68. The molecule has 5 nitrogen and oxygen atoms in total. The van der Waals surface area contributed by atoms with Gasteiger partial charge in [-0.1, -0.05) is 12.1 Å². The maximum Gasteiger partial charge on any atom is 0.311 e. The molecule has 0 radical (unpaired) electrons. The molecule has 0 saturated carbocycles. The molecule has 0 aliphatic carbocycles. The van der Waals surface area contributed by atoms with E-state index in [2.05, 4.69) is 11.9 Å². The molecule has 1 rings (SSSR count). The minimum atomic E-state index is -0.605. The van der Waals surface area contributed by atoms with E-state index in [0.717, 1.165) is 5.56 Å². The largest absolute Gasteiger partial charge is 0.502 e. The van der Waals surface area contributed by atoms with Crippen LogP contribution in [0.1, 0.15) is 5.56 Å². The molecule has 0 bridgehead atoms. The number of nitro benzene ring substituents is 1. The van der Waals surface area contributed by atoms with Crippen molar-refractivity contribution in [3.8, 4) is 5.75 Å². The van der Waals surface area contributed by atoms with Gasteiger partial charge >= 0.3 is 5.69 Å². The molecular weight excluding hydrogens is 196 g/mol. The number of nitrogens with zero attached hydrogens (tertiary/aromatic N) is 1. The van der Waals surface area contributed by atoms with Gasteiger partial charge in [0.25, 0.3) is 0 Å². The van der Waals surface area contributed by atoms with E-state index in [1.54, 1.807) is 12.1 Å². The maximum absolute atomic E-state index is 10.5. The SMILES string of the molecule is C=CCNCc1ccc(O)c([N+](=O)[O-])c1. The molecule has 1 aromatic rings. The number of nitro groups is 1. The van der Waals surface area contributed by atoms with Gasteiger partial charge in [-0.3, -0.25) is 10.1 Å². The lowest BCUT2D eigenvalue weighted by molar-refractivity contribution is -0.385. The Morgan fingerprint density at radius 1 is 1.60 bits per heavy atom. The van der Waals surface area contributed by atoms with Crippen molar-refractivity contribution < 1.29 is 10.0 Å². The zero-order valence-electron chi connectivity index (χ0n) is 8.14. The average molecular weight is 208 g/mol. The van der Waals surface area contributed by atoms with Crippen LogP contribution in [0, 0.1) is 10.1 Å². The van der Waals surface area contributed by atoms with Crippen molar-refractivity contribution in [2.75, 3.05) is 6.54 Å². The van der Waals surface area contributed by atoms with Crippen LogP contribution in [0.2, 0.25) is 0 Å². The Labute approximate surface area is 87.2 Å². The Bertz CT molecular complexity index is 377. The smallest absolute Gasteiger partial charge is 0.311 e. The summed E-state index contributed by atoms with van der Waals surface area (Å²) >= 11 is 0. The number of nitrogens with one attached hydrogen (secondary N) is 1. The van der Waals surface area contributed by atoms with E-state index in [1.165, 1.54) is 12.1 Å². The van der Waals surface area contributed by atoms with Crippen LogP contribution in [0.4, 0.5) is 5.69 Å². The Hall–Kier alpha value is -1.88. The first-order chi connectivity index (χ1) is 7.15. The lowest BCUT2D eigenvalue weighted by Gasteiger charge is -2.02. The van der Waals surface area contributed by atoms with Crippen molar-refractivity contribution in [3.05, 3.63) is 46.5 Å². The zero-order chi connectivity index (χ0) is 11.3. The van der Waals surface area contributed by atoms with Crippen LogP contribution in [0.15, 0.2) is 30.9 Å². The molecule has 0 aliphatic rings. The Balaban J connectivity index is 2.78. The van der Waals surface area contributed by atoms with Crippen LogP contribution >= 0.6 is 0 Å². The molecule has 0 unspecified atom stereocenters. The highest BCUT2D eigenvalue weighted by atomic mass is 16.6. The average Bonchev–Trinajstić information content (AvgIpc) is 2.20. The van der Waals surface area contributed by atoms with Crippen molar-refractivity contribution in [3.63, 3.8) is 0 Å². The van der Waals surface area contributed by atoms with Crippen molar-refractivity contribution in [1.82, 2.24) is 5.32 Å². The topological polar surface area (TPSA) is 75.4 Å². The Kier molecular flexibility index (Phi) is 3.82. The number of rotatable bonds is 5. The molecule has 0 aliphatic heterocycles. The van der Waals surface area contributed by atoms with Gasteiger partial charge in [0.05, 0.1) is 4.92 Å². The molecule has 5 heteroatoms. The van der Waals surface area contributed by atoms with Crippen LogP contribution in [-0.2, 0) is 6.54 Å².